The van der Waals surface area contributed by atoms with E-state index in [4.69, 9.17) is 4.98 Å². The van der Waals surface area contributed by atoms with Gasteiger partial charge in [0.2, 0.25) is 0 Å². The average Bonchev–Trinajstić information content (AvgIpc) is 3.96. The molecule has 17 rings (SSSR count). The number of imidazole rings is 1. The zero-order valence-electron chi connectivity index (χ0n) is 33.1. The Bertz CT molecular complexity index is 4020. The van der Waals surface area contributed by atoms with E-state index in [1.165, 1.54) is 33.4 Å². The summed E-state index contributed by atoms with van der Waals surface area (Å²) in [7, 11) is 0. The number of fused-ring (bicyclic) bond motifs is 20. The van der Waals surface area contributed by atoms with Gasteiger partial charge in [-0.05, 0) is 98.1 Å². The molecule has 0 bridgehead atoms. The lowest BCUT2D eigenvalue weighted by atomic mass is 9.36. The maximum Gasteiger partial charge on any atom is 0.171 e. The van der Waals surface area contributed by atoms with Crippen LogP contribution in [0.25, 0.3) is 54.8 Å². The molecule has 8 aromatic carbocycles. The van der Waals surface area contributed by atoms with Crippen LogP contribution < -0.4 is 0 Å². The van der Waals surface area contributed by atoms with Crippen molar-refractivity contribution in [3.63, 3.8) is 0 Å². The molecule has 3 heterocycles. The van der Waals surface area contributed by atoms with E-state index >= 15 is 9.59 Å². The number of para-hydroxylation sites is 1. The number of nitrogens with zero attached hydrogens (tertiary/aromatic N) is 3. The van der Waals surface area contributed by atoms with Crippen LogP contribution in [-0.4, -0.2) is 25.5 Å². The fraction of sp³-hybridized carbons (Fsp3) is 0.105. The van der Waals surface area contributed by atoms with Crippen molar-refractivity contribution in [1.82, 2.24) is 14.0 Å². The number of hydrogen-bond donors (Lipinski definition) is 0. The van der Waals surface area contributed by atoms with Crippen molar-refractivity contribution in [2.24, 2.45) is 0 Å². The van der Waals surface area contributed by atoms with Crippen molar-refractivity contribution in [2.45, 2.75) is 34.5 Å². The van der Waals surface area contributed by atoms with Crippen LogP contribution in [0.4, 0.5) is 0 Å². The minimum absolute atomic E-state index is 0.0745. The van der Waals surface area contributed by atoms with E-state index in [0.29, 0.717) is 0 Å². The van der Waals surface area contributed by atoms with Crippen LogP contribution >= 0.6 is 0 Å². The van der Waals surface area contributed by atoms with E-state index in [1.807, 2.05) is 12.4 Å². The lowest BCUT2D eigenvalue weighted by Crippen LogP contribution is -2.61. The van der Waals surface area contributed by atoms with E-state index in [9.17, 15) is 0 Å². The van der Waals surface area contributed by atoms with Gasteiger partial charge in [-0.25, -0.2) is 4.98 Å². The summed E-state index contributed by atoms with van der Waals surface area (Å²) in [6.45, 7) is 0. The third-order valence-electron chi connectivity index (χ3n) is 16.8. The molecule has 11 aromatic rings. The summed E-state index contributed by atoms with van der Waals surface area (Å²) in [5, 5.41) is 4.44. The molecule has 2 spiro atoms. The SMILES string of the molecule is O=C1c2cc3c(cc2C2c4ccccc4C24c2ccccc2C14)c1cc2c(ncn2-c2ccccc2)c2c4cc5c(cc4n3c12)C(=O)C1c2ccccc2C12c1ccccc1C52. The van der Waals surface area contributed by atoms with Gasteiger partial charge >= 0.3 is 0 Å². The van der Waals surface area contributed by atoms with Gasteiger partial charge in [0, 0.05) is 61.0 Å². The van der Waals surface area contributed by atoms with Crippen LogP contribution in [0.3, 0.4) is 0 Å². The molecule has 62 heavy (non-hydrogen) atoms. The normalized spacial score (nSPS) is 25.0. The lowest BCUT2D eigenvalue weighted by molar-refractivity contribution is 0.0839. The highest BCUT2D eigenvalue weighted by Crippen LogP contribution is 2.75. The average molecular weight is 790 g/mol. The van der Waals surface area contributed by atoms with Crippen LogP contribution in [0.15, 0.2) is 164 Å². The van der Waals surface area contributed by atoms with Gasteiger partial charge in [-0.2, -0.15) is 0 Å². The van der Waals surface area contributed by atoms with E-state index in [2.05, 4.69) is 161 Å². The third kappa shape index (κ3) is 2.92. The number of aromatic nitrogens is 3. The summed E-state index contributed by atoms with van der Waals surface area (Å²) in [5.41, 5.74) is 19.4. The molecule has 0 aliphatic heterocycles. The second-order valence-corrected chi connectivity index (χ2v) is 18.8. The second kappa shape index (κ2) is 9.77. The minimum Gasteiger partial charge on any atom is -0.308 e. The van der Waals surface area contributed by atoms with Crippen LogP contribution in [0.2, 0.25) is 0 Å². The van der Waals surface area contributed by atoms with Gasteiger partial charge < -0.3 is 4.40 Å². The number of hydrogen-bond acceptors (Lipinski definition) is 3. The molecule has 6 atom stereocenters. The predicted octanol–water partition coefficient (Wildman–Crippen LogP) is 11.6. The van der Waals surface area contributed by atoms with Gasteiger partial charge in [-0.15, -0.1) is 0 Å². The molecule has 5 nitrogen and oxygen atoms in total. The van der Waals surface area contributed by atoms with Crippen molar-refractivity contribution in [3.8, 4) is 5.69 Å². The smallest absolute Gasteiger partial charge is 0.171 e. The Hall–Kier alpha value is -7.63. The maximum atomic E-state index is 15.2. The standard InChI is InChI=1S/C57H31N3O2/c61-54-37-25-44-33(22-34(37)48-29-14-4-8-18-40(29)56(48)42-20-10-6-16-31(42)50(54)56)36-24-46-52(58-27-59(46)28-12-2-1-3-13-28)47-39-23-35-38(26-45(39)60(44)53(36)47)55(62)51-32-17-7-11-21-43(32)57(51)41-19-9-5-15-30(41)49(35)57/h1-27,48-51H. The lowest BCUT2D eigenvalue weighted by Gasteiger charge is -2.64. The van der Waals surface area contributed by atoms with Crippen LogP contribution in [0.5, 0.6) is 0 Å². The first kappa shape index (κ1) is 31.3. The Morgan fingerprint density at radius 2 is 0.903 bits per heavy atom. The predicted molar refractivity (Wildman–Crippen MR) is 241 cm³/mol. The topological polar surface area (TPSA) is 56.4 Å². The zero-order valence-corrected chi connectivity index (χ0v) is 33.1. The summed E-state index contributed by atoms with van der Waals surface area (Å²) in [6, 6.07) is 56.7. The highest BCUT2D eigenvalue weighted by molar-refractivity contribution is 6.32. The number of rotatable bonds is 1. The van der Waals surface area contributed by atoms with Gasteiger partial charge in [0.05, 0.1) is 39.4 Å². The fourth-order valence-electron chi connectivity index (χ4n) is 14.8. The van der Waals surface area contributed by atoms with E-state index < -0.39 is 0 Å². The molecule has 0 radical (unpaired) electrons. The van der Waals surface area contributed by atoms with Crippen molar-refractivity contribution in [1.29, 1.82) is 0 Å². The molecule has 3 aromatic heterocycles. The van der Waals surface area contributed by atoms with Gasteiger partial charge in [-0.1, -0.05) is 115 Å². The Kier molecular flexibility index (Phi) is 4.93. The number of benzene rings is 8. The summed E-state index contributed by atoms with van der Waals surface area (Å²) in [4.78, 5) is 35.7. The van der Waals surface area contributed by atoms with Gasteiger partial charge in [-0.3, -0.25) is 14.2 Å². The van der Waals surface area contributed by atoms with E-state index in [0.717, 1.165) is 88.2 Å². The van der Waals surface area contributed by atoms with Gasteiger partial charge in [0.1, 0.15) is 6.33 Å². The first-order chi connectivity index (χ1) is 30.6. The summed E-state index contributed by atoms with van der Waals surface area (Å²) in [6.07, 6.45) is 1.96. The molecule has 0 saturated heterocycles. The first-order valence-corrected chi connectivity index (χ1v) is 21.8. The van der Waals surface area contributed by atoms with Crippen LogP contribution in [-0.2, 0) is 10.8 Å². The Labute approximate surface area is 353 Å². The van der Waals surface area contributed by atoms with Crippen molar-refractivity contribution >= 4 is 60.7 Å². The summed E-state index contributed by atoms with van der Waals surface area (Å²) in [5.74, 6) is 0.129. The van der Waals surface area contributed by atoms with Crippen molar-refractivity contribution in [3.05, 3.63) is 231 Å². The number of Topliss-reactive ketones (excluding diaryl/α,β-unsaturated/α-hetero) is 2. The largest absolute Gasteiger partial charge is 0.308 e. The zero-order chi connectivity index (χ0) is 40.1. The van der Waals surface area contributed by atoms with Crippen molar-refractivity contribution < 1.29 is 9.59 Å². The highest BCUT2D eigenvalue weighted by Gasteiger charge is 2.70. The molecular formula is C57H31N3O2. The molecule has 0 fully saturated rings. The third-order valence-corrected chi connectivity index (χ3v) is 16.8. The first-order valence-electron chi connectivity index (χ1n) is 21.8. The number of ketones is 2. The molecule has 6 aliphatic rings. The van der Waals surface area contributed by atoms with Crippen LogP contribution in [0.1, 0.15) is 100 Å². The summed E-state index contributed by atoms with van der Waals surface area (Å²) < 4.78 is 4.57. The monoisotopic (exact) mass is 789 g/mol. The number of carbonyl (C=O) groups is 2. The molecule has 0 amide bonds. The highest BCUT2D eigenvalue weighted by atomic mass is 16.1. The van der Waals surface area contributed by atoms with E-state index in [1.54, 1.807) is 0 Å². The van der Waals surface area contributed by atoms with Crippen LogP contribution in [0, 0.1) is 0 Å². The maximum absolute atomic E-state index is 15.2. The molecular weight excluding hydrogens is 759 g/mol. The molecule has 0 saturated carbocycles. The Morgan fingerprint density at radius 3 is 1.45 bits per heavy atom. The molecule has 6 aliphatic carbocycles. The van der Waals surface area contributed by atoms with Crippen molar-refractivity contribution in [2.75, 3.05) is 0 Å². The molecule has 6 unspecified atom stereocenters. The molecule has 5 heteroatoms. The van der Waals surface area contributed by atoms with Gasteiger partial charge in [0.25, 0.3) is 0 Å². The van der Waals surface area contributed by atoms with Gasteiger partial charge in [0.15, 0.2) is 11.6 Å². The Balaban J connectivity index is 1.01. The Morgan fingerprint density at radius 1 is 0.435 bits per heavy atom. The number of carbonyl (C=O) groups excluding carboxylic acids is 2. The fourth-order valence-corrected chi connectivity index (χ4v) is 14.8. The second-order valence-electron chi connectivity index (χ2n) is 18.8. The van der Waals surface area contributed by atoms with E-state index in [-0.39, 0.29) is 46.1 Å². The summed E-state index contributed by atoms with van der Waals surface area (Å²) >= 11 is 0. The minimum atomic E-state index is -0.350. The quantitative estimate of drug-likeness (QED) is 0.166. The molecule has 0 N–H and O–H groups in total. The molecule has 286 valence electrons.